The molecule has 0 amide bonds. The number of methoxy groups -OCH3 is 1. The van der Waals surface area contributed by atoms with Gasteiger partial charge in [-0.3, -0.25) is 0 Å². The highest BCUT2D eigenvalue weighted by Gasteiger charge is 2.29. The molecule has 1 aliphatic heterocycles. The molecule has 0 fully saturated rings. The van der Waals surface area contributed by atoms with Crippen molar-refractivity contribution < 1.29 is 9.13 Å². The highest BCUT2D eigenvalue weighted by Crippen LogP contribution is 2.36. The number of nitrogens with one attached hydrogen (secondary N) is 2. The van der Waals surface area contributed by atoms with Crippen molar-refractivity contribution in [3.05, 3.63) is 77.4 Å². The average molecular weight is 496 g/mol. The van der Waals surface area contributed by atoms with E-state index in [9.17, 15) is 4.39 Å². The molecule has 10 heteroatoms. The minimum absolute atomic E-state index is 0.0349. The van der Waals surface area contributed by atoms with E-state index < -0.39 is 0 Å². The van der Waals surface area contributed by atoms with Crippen molar-refractivity contribution in [1.29, 1.82) is 0 Å². The first-order valence-corrected chi connectivity index (χ1v) is 11.9. The van der Waals surface area contributed by atoms with E-state index in [-0.39, 0.29) is 11.7 Å². The number of ether oxygens (including phenoxy) is 1. The van der Waals surface area contributed by atoms with Gasteiger partial charge in [0.05, 0.1) is 12.8 Å². The number of anilines is 2. The third kappa shape index (κ3) is 5.01. The summed E-state index contributed by atoms with van der Waals surface area (Å²) in [6.07, 6.45) is 12.6. The predicted molar refractivity (Wildman–Crippen MR) is 134 cm³/mol. The Kier molecular flexibility index (Phi) is 6.70. The average Bonchev–Trinajstić information content (AvgIpc) is 3.35. The Balaban J connectivity index is 1.44. The summed E-state index contributed by atoms with van der Waals surface area (Å²) in [5, 5.41) is 11.9. The van der Waals surface area contributed by atoms with E-state index in [0.29, 0.717) is 29.3 Å². The number of rotatable bonds is 6. The van der Waals surface area contributed by atoms with Gasteiger partial charge in [-0.05, 0) is 50.6 Å². The molecule has 0 bridgehead atoms. The molecule has 1 aliphatic carbocycles. The molecule has 35 heavy (non-hydrogen) atoms. The van der Waals surface area contributed by atoms with Gasteiger partial charge in [0.15, 0.2) is 0 Å². The maximum absolute atomic E-state index is 13.8. The van der Waals surface area contributed by atoms with Gasteiger partial charge in [0.2, 0.25) is 5.95 Å². The fraction of sp³-hybridized carbons (Fsp3) is 0.320. The number of fused-ring (bicyclic) bond motifs is 1. The first kappa shape index (κ1) is 23.3. The molecule has 2 aromatic heterocycles. The zero-order valence-electron chi connectivity index (χ0n) is 19.6. The van der Waals surface area contributed by atoms with Gasteiger partial charge in [0.1, 0.15) is 28.9 Å². The number of imidazole rings is 1. The molecule has 2 unspecified atom stereocenters. The Hall–Kier alpha value is -3.43. The van der Waals surface area contributed by atoms with Crippen LogP contribution in [0.1, 0.15) is 31.0 Å². The molecule has 0 saturated carbocycles. The normalized spacial score (nSPS) is 19.9. The van der Waals surface area contributed by atoms with Gasteiger partial charge in [-0.25, -0.2) is 14.1 Å². The van der Waals surface area contributed by atoms with Crippen molar-refractivity contribution in [1.82, 2.24) is 29.6 Å². The van der Waals surface area contributed by atoms with Crippen LogP contribution in [0.5, 0.6) is 5.75 Å². The first-order valence-electron chi connectivity index (χ1n) is 11.5. The van der Waals surface area contributed by atoms with Crippen LogP contribution in [-0.4, -0.2) is 44.5 Å². The second-order valence-electron chi connectivity index (χ2n) is 8.59. The van der Waals surface area contributed by atoms with Gasteiger partial charge in [-0.2, -0.15) is 4.98 Å². The van der Waals surface area contributed by atoms with Gasteiger partial charge in [0, 0.05) is 36.5 Å². The molecule has 0 spiro atoms. The second kappa shape index (κ2) is 10.1. The maximum atomic E-state index is 13.8. The zero-order valence-corrected chi connectivity index (χ0v) is 20.3. The molecule has 0 radical (unpaired) electrons. The Labute approximate surface area is 208 Å². The molecule has 2 aliphatic rings. The quantitative estimate of drug-likeness (QED) is 0.496. The number of hydrogen-bond acceptors (Lipinski definition) is 6. The number of hydrogen-bond donors (Lipinski definition) is 2. The Morgan fingerprint density at radius 1 is 1.26 bits per heavy atom. The summed E-state index contributed by atoms with van der Waals surface area (Å²) in [6, 6.07) is 6.06. The van der Waals surface area contributed by atoms with Gasteiger partial charge in [-0.1, -0.05) is 29.3 Å². The summed E-state index contributed by atoms with van der Waals surface area (Å²) in [4.78, 5) is 8.95. The highest BCUT2D eigenvalue weighted by molar-refractivity contribution is 6.29. The fourth-order valence-electron chi connectivity index (χ4n) is 4.60. The monoisotopic (exact) mass is 495 g/mol. The van der Waals surface area contributed by atoms with E-state index in [1.54, 1.807) is 24.2 Å². The van der Waals surface area contributed by atoms with Crippen LogP contribution in [0.25, 0.3) is 5.69 Å². The number of halogens is 2. The summed E-state index contributed by atoms with van der Waals surface area (Å²) < 4.78 is 23.2. The van der Waals surface area contributed by atoms with Crippen molar-refractivity contribution >= 4 is 23.2 Å². The molecule has 182 valence electrons. The standard InChI is InChI=1S/C25H27ClFN7O/c1-28-18-10-11-34-24(20(12-18)16-4-3-5-17(27)7-6-16)31-25(32-34)30-19-8-9-21(22(13-19)35-2)33-14-23(26)29-15-33/h3,5-9,13-15,18,20,28H,4,10-12H2,1-2H3,(H,30,32). The topological polar surface area (TPSA) is 81.8 Å². The number of aromatic nitrogens is 5. The smallest absolute Gasteiger partial charge is 0.246 e. The van der Waals surface area contributed by atoms with Gasteiger partial charge < -0.3 is 19.9 Å². The number of allylic oxidation sites excluding steroid dienone is 6. The zero-order chi connectivity index (χ0) is 24.4. The third-order valence-electron chi connectivity index (χ3n) is 6.43. The van der Waals surface area contributed by atoms with Crippen molar-refractivity contribution in [2.75, 3.05) is 19.5 Å². The van der Waals surface area contributed by atoms with Gasteiger partial charge in [0.25, 0.3) is 0 Å². The van der Waals surface area contributed by atoms with Crippen LogP contribution in [0.15, 0.2) is 66.4 Å². The Morgan fingerprint density at radius 2 is 2.14 bits per heavy atom. The van der Waals surface area contributed by atoms with E-state index in [1.807, 2.05) is 42.1 Å². The van der Waals surface area contributed by atoms with E-state index in [1.165, 1.54) is 12.2 Å². The van der Waals surface area contributed by atoms with E-state index in [0.717, 1.165) is 42.2 Å². The van der Waals surface area contributed by atoms with Gasteiger partial charge in [-0.15, -0.1) is 5.10 Å². The molecule has 1 aromatic carbocycles. The van der Waals surface area contributed by atoms with E-state index >= 15 is 0 Å². The van der Waals surface area contributed by atoms with E-state index in [2.05, 4.69) is 15.6 Å². The summed E-state index contributed by atoms with van der Waals surface area (Å²) in [6.45, 7) is 0.753. The molecule has 3 heterocycles. The molecular formula is C25H27ClFN7O. The van der Waals surface area contributed by atoms with Crippen LogP contribution in [-0.2, 0) is 6.54 Å². The molecule has 0 saturated heterocycles. The lowest BCUT2D eigenvalue weighted by atomic mass is 9.89. The molecule has 3 aromatic rings. The van der Waals surface area contributed by atoms with Crippen LogP contribution in [0, 0.1) is 0 Å². The number of nitrogens with zero attached hydrogens (tertiary/aromatic N) is 5. The predicted octanol–water partition coefficient (Wildman–Crippen LogP) is 5.07. The number of benzene rings is 1. The summed E-state index contributed by atoms with van der Waals surface area (Å²) in [7, 11) is 3.60. The van der Waals surface area contributed by atoms with E-state index in [4.69, 9.17) is 26.4 Å². The van der Waals surface area contributed by atoms with Crippen molar-refractivity contribution in [2.24, 2.45) is 0 Å². The van der Waals surface area contributed by atoms with Crippen molar-refractivity contribution in [2.45, 2.75) is 37.8 Å². The van der Waals surface area contributed by atoms with Crippen LogP contribution >= 0.6 is 11.6 Å². The summed E-state index contributed by atoms with van der Waals surface area (Å²) in [5.41, 5.74) is 2.74. The third-order valence-corrected chi connectivity index (χ3v) is 6.62. The van der Waals surface area contributed by atoms with Crippen LogP contribution in [0.2, 0.25) is 5.15 Å². The largest absolute Gasteiger partial charge is 0.494 e. The summed E-state index contributed by atoms with van der Waals surface area (Å²) in [5.74, 6) is 1.85. The Bertz CT molecular complexity index is 1310. The van der Waals surface area contributed by atoms with Crippen molar-refractivity contribution in [3.63, 3.8) is 0 Å². The van der Waals surface area contributed by atoms with Crippen LogP contribution in [0.4, 0.5) is 16.0 Å². The molecule has 2 atom stereocenters. The molecule has 5 rings (SSSR count). The first-order chi connectivity index (χ1) is 17.0. The molecule has 2 N–H and O–H groups in total. The fourth-order valence-corrected chi connectivity index (χ4v) is 4.75. The SMILES string of the molecule is CNC1CCn2nc(Nc3ccc(-n4cnc(Cl)c4)c(OC)c3)nc2C(C2=CC=C(F)C=CC2)C1. The lowest BCUT2D eigenvalue weighted by Crippen LogP contribution is -2.27. The minimum Gasteiger partial charge on any atom is -0.494 e. The molecule has 8 nitrogen and oxygen atoms in total. The number of aryl methyl sites for hydroxylation is 1. The minimum atomic E-state index is -0.238. The summed E-state index contributed by atoms with van der Waals surface area (Å²) >= 11 is 5.97. The van der Waals surface area contributed by atoms with Gasteiger partial charge >= 0.3 is 0 Å². The second-order valence-corrected chi connectivity index (χ2v) is 8.98. The highest BCUT2D eigenvalue weighted by atomic mass is 35.5. The lowest BCUT2D eigenvalue weighted by Gasteiger charge is -2.20. The molecular weight excluding hydrogens is 469 g/mol. The van der Waals surface area contributed by atoms with Crippen LogP contribution < -0.4 is 15.4 Å². The lowest BCUT2D eigenvalue weighted by molar-refractivity contribution is 0.413. The van der Waals surface area contributed by atoms with Crippen LogP contribution in [0.3, 0.4) is 0 Å². The van der Waals surface area contributed by atoms with Crippen molar-refractivity contribution in [3.8, 4) is 11.4 Å². The Morgan fingerprint density at radius 3 is 2.91 bits per heavy atom. The maximum Gasteiger partial charge on any atom is 0.246 e.